The van der Waals surface area contributed by atoms with Gasteiger partial charge in [0.1, 0.15) is 0 Å². The topological polar surface area (TPSA) is 12.9 Å². The molecule has 1 unspecified atom stereocenters. The Labute approximate surface area is 118 Å². The smallest absolute Gasteiger partial charge is 0.0452 e. The number of hydrogen-bond acceptors (Lipinski definition) is 1. The van der Waals surface area contributed by atoms with E-state index in [2.05, 4.69) is 24.0 Å². The van der Waals surface area contributed by atoms with Crippen LogP contribution in [0.5, 0.6) is 0 Å². The lowest BCUT2D eigenvalue weighted by Crippen LogP contribution is -1.97. The van der Waals surface area contributed by atoms with E-state index in [1.54, 1.807) is 6.07 Å². The highest BCUT2D eigenvalue weighted by molar-refractivity contribution is 6.35. The minimum atomic E-state index is 0.500. The van der Waals surface area contributed by atoms with Gasteiger partial charge in [-0.25, -0.2) is 0 Å². The van der Waals surface area contributed by atoms with Crippen molar-refractivity contribution in [1.29, 1.82) is 0 Å². The van der Waals surface area contributed by atoms with Crippen LogP contribution in [0.25, 0.3) is 0 Å². The third-order valence-corrected chi connectivity index (χ3v) is 3.72. The molecular formula is C15H15Cl2N. The van der Waals surface area contributed by atoms with Crippen molar-refractivity contribution in [2.75, 3.05) is 0 Å². The van der Waals surface area contributed by atoms with Crippen LogP contribution >= 0.6 is 23.2 Å². The molecule has 0 amide bonds. The second-order valence-electron chi connectivity index (χ2n) is 4.46. The third-order valence-electron chi connectivity index (χ3n) is 3.14. The highest BCUT2D eigenvalue weighted by Crippen LogP contribution is 2.25. The van der Waals surface area contributed by atoms with E-state index in [4.69, 9.17) is 23.2 Å². The van der Waals surface area contributed by atoms with E-state index < -0.39 is 0 Å². The van der Waals surface area contributed by atoms with E-state index in [-0.39, 0.29) is 0 Å². The van der Waals surface area contributed by atoms with Crippen LogP contribution in [0.2, 0.25) is 10.0 Å². The fourth-order valence-electron chi connectivity index (χ4n) is 1.96. The molecule has 1 heterocycles. The molecule has 94 valence electrons. The molecule has 1 nitrogen and oxygen atoms in total. The predicted molar refractivity (Wildman–Crippen MR) is 77.4 cm³/mol. The van der Waals surface area contributed by atoms with E-state index in [0.29, 0.717) is 10.9 Å². The number of nitrogens with zero attached hydrogens (tertiary/aromatic N) is 1. The summed E-state index contributed by atoms with van der Waals surface area (Å²) in [6.45, 7) is 2.22. The minimum Gasteiger partial charge on any atom is -0.265 e. The van der Waals surface area contributed by atoms with Crippen LogP contribution in [-0.2, 0) is 6.42 Å². The number of benzene rings is 1. The lowest BCUT2D eigenvalue weighted by atomic mass is 9.95. The highest BCUT2D eigenvalue weighted by Gasteiger charge is 2.07. The zero-order valence-corrected chi connectivity index (χ0v) is 11.7. The quantitative estimate of drug-likeness (QED) is 0.757. The molecule has 0 fully saturated rings. The van der Waals surface area contributed by atoms with Crippen LogP contribution in [0.3, 0.4) is 0 Å². The fourth-order valence-corrected chi connectivity index (χ4v) is 2.46. The van der Waals surface area contributed by atoms with Gasteiger partial charge in [0.05, 0.1) is 0 Å². The molecule has 0 saturated heterocycles. The maximum Gasteiger partial charge on any atom is 0.0452 e. The molecule has 3 heteroatoms. The Hall–Kier alpha value is -1.05. The molecule has 1 aromatic carbocycles. The molecule has 2 rings (SSSR count). The summed E-state index contributed by atoms with van der Waals surface area (Å²) in [5.41, 5.74) is 2.47. The van der Waals surface area contributed by atoms with Gasteiger partial charge in [0, 0.05) is 22.4 Å². The van der Waals surface area contributed by atoms with Crippen LogP contribution in [0.4, 0.5) is 0 Å². The summed E-state index contributed by atoms with van der Waals surface area (Å²) in [6.07, 6.45) is 5.69. The lowest BCUT2D eigenvalue weighted by Gasteiger charge is -2.12. The van der Waals surface area contributed by atoms with Crippen LogP contribution in [0, 0.1) is 0 Å². The average Bonchev–Trinajstić information content (AvgIpc) is 2.38. The van der Waals surface area contributed by atoms with Crippen LogP contribution < -0.4 is 0 Å². The minimum absolute atomic E-state index is 0.500. The van der Waals surface area contributed by atoms with E-state index in [0.717, 1.165) is 23.4 Å². The van der Waals surface area contributed by atoms with E-state index in [1.807, 2.05) is 24.5 Å². The molecule has 1 aromatic heterocycles. The molecule has 18 heavy (non-hydrogen) atoms. The number of halogens is 2. The number of hydrogen-bond donors (Lipinski definition) is 0. The van der Waals surface area contributed by atoms with Crippen molar-refractivity contribution in [1.82, 2.24) is 4.98 Å². The van der Waals surface area contributed by atoms with Crippen molar-refractivity contribution in [3.05, 3.63) is 63.9 Å². The molecule has 0 spiro atoms. The van der Waals surface area contributed by atoms with Crippen LogP contribution in [0.15, 0.2) is 42.7 Å². The summed E-state index contributed by atoms with van der Waals surface area (Å²) in [4.78, 5) is 4.03. The first kappa shape index (κ1) is 13.4. The van der Waals surface area contributed by atoms with Crippen molar-refractivity contribution in [2.24, 2.45) is 0 Å². The SMILES string of the molecule is CC(CCc1ccc(Cl)cc1Cl)c1ccncc1. The highest BCUT2D eigenvalue weighted by atomic mass is 35.5. The standard InChI is InChI=1S/C15H15Cl2N/c1-11(12-6-8-18-9-7-12)2-3-13-4-5-14(16)10-15(13)17/h4-11H,2-3H2,1H3. The zero-order valence-electron chi connectivity index (χ0n) is 10.2. The number of rotatable bonds is 4. The van der Waals surface area contributed by atoms with Gasteiger partial charge in [-0.15, -0.1) is 0 Å². The third kappa shape index (κ3) is 3.47. The Morgan fingerprint density at radius 2 is 1.83 bits per heavy atom. The molecule has 0 radical (unpaired) electrons. The normalized spacial score (nSPS) is 12.4. The maximum absolute atomic E-state index is 6.16. The molecule has 0 bridgehead atoms. The number of aromatic nitrogens is 1. The Balaban J connectivity index is 1.99. The van der Waals surface area contributed by atoms with Gasteiger partial charge in [-0.2, -0.15) is 0 Å². The Morgan fingerprint density at radius 1 is 1.11 bits per heavy atom. The first-order chi connectivity index (χ1) is 8.66. The second kappa shape index (κ2) is 6.21. The summed E-state index contributed by atoms with van der Waals surface area (Å²) in [7, 11) is 0. The number of pyridine rings is 1. The van der Waals surface area contributed by atoms with Crippen molar-refractivity contribution >= 4 is 23.2 Å². The fraction of sp³-hybridized carbons (Fsp3) is 0.267. The van der Waals surface area contributed by atoms with Gasteiger partial charge in [0.25, 0.3) is 0 Å². The molecular weight excluding hydrogens is 265 g/mol. The molecule has 0 aliphatic heterocycles. The first-order valence-corrected chi connectivity index (χ1v) is 6.76. The largest absolute Gasteiger partial charge is 0.265 e. The van der Waals surface area contributed by atoms with Gasteiger partial charge >= 0.3 is 0 Å². The van der Waals surface area contributed by atoms with Gasteiger partial charge in [-0.3, -0.25) is 4.98 Å². The summed E-state index contributed by atoms with van der Waals surface area (Å²) in [5, 5.41) is 1.44. The summed E-state index contributed by atoms with van der Waals surface area (Å²) in [5.74, 6) is 0.500. The Bertz CT molecular complexity index is 511. The summed E-state index contributed by atoms with van der Waals surface area (Å²) < 4.78 is 0. The summed E-state index contributed by atoms with van der Waals surface area (Å²) >= 11 is 12.0. The molecule has 0 N–H and O–H groups in total. The Morgan fingerprint density at radius 3 is 2.50 bits per heavy atom. The van der Waals surface area contributed by atoms with Gasteiger partial charge in [-0.05, 0) is 54.2 Å². The van der Waals surface area contributed by atoms with Crippen molar-refractivity contribution in [3.8, 4) is 0 Å². The maximum atomic E-state index is 6.16. The molecule has 0 saturated carbocycles. The van der Waals surface area contributed by atoms with Crippen LogP contribution in [0.1, 0.15) is 30.4 Å². The average molecular weight is 280 g/mol. The van der Waals surface area contributed by atoms with Gasteiger partial charge in [0.15, 0.2) is 0 Å². The zero-order chi connectivity index (χ0) is 13.0. The van der Waals surface area contributed by atoms with Crippen molar-refractivity contribution < 1.29 is 0 Å². The molecule has 1 atom stereocenters. The predicted octanol–water partition coefficient (Wildman–Crippen LogP) is 5.12. The molecule has 0 aliphatic rings. The Kier molecular flexibility index (Phi) is 4.62. The second-order valence-corrected chi connectivity index (χ2v) is 5.30. The first-order valence-electron chi connectivity index (χ1n) is 6.00. The molecule has 0 aliphatic carbocycles. The van der Waals surface area contributed by atoms with Gasteiger partial charge in [0.2, 0.25) is 0 Å². The number of aryl methyl sites for hydroxylation is 1. The van der Waals surface area contributed by atoms with Crippen molar-refractivity contribution in [3.63, 3.8) is 0 Å². The molecule has 2 aromatic rings. The van der Waals surface area contributed by atoms with E-state index in [9.17, 15) is 0 Å². The van der Waals surface area contributed by atoms with Gasteiger partial charge in [-0.1, -0.05) is 36.2 Å². The van der Waals surface area contributed by atoms with Gasteiger partial charge < -0.3 is 0 Å². The monoisotopic (exact) mass is 279 g/mol. The van der Waals surface area contributed by atoms with Crippen molar-refractivity contribution in [2.45, 2.75) is 25.7 Å². The lowest BCUT2D eigenvalue weighted by molar-refractivity contribution is 0.678. The van der Waals surface area contributed by atoms with Crippen LogP contribution in [-0.4, -0.2) is 4.98 Å². The summed E-state index contributed by atoms with van der Waals surface area (Å²) in [6, 6.07) is 9.82. The van der Waals surface area contributed by atoms with E-state index >= 15 is 0 Å². The van der Waals surface area contributed by atoms with E-state index in [1.165, 1.54) is 5.56 Å².